The maximum atomic E-state index is 9.03. The van der Waals surface area contributed by atoms with Crippen LogP contribution in [0.1, 0.15) is 143 Å². The van der Waals surface area contributed by atoms with Gasteiger partial charge >= 0.3 is 0 Å². The van der Waals surface area contributed by atoms with Gasteiger partial charge in [-0.1, -0.05) is 89.9 Å². The standard InChI is InChI=1S/C28H58O5/c1-25(21-17-13-9-5-7-11-15-19-23-31-27(3)29)33-26(2)22-18-14-10-6-8-12-16-20-24-32-28(4)30/h25-30H,5-24H2,1-4H3. The third-order valence-electron chi connectivity index (χ3n) is 6.19. The minimum atomic E-state index is -0.625. The number of aliphatic hydroxyl groups excluding tert-OH is 2. The van der Waals surface area contributed by atoms with Gasteiger partial charge in [-0.15, -0.1) is 0 Å². The fourth-order valence-corrected chi connectivity index (χ4v) is 4.23. The lowest BCUT2D eigenvalue weighted by Gasteiger charge is -2.19. The van der Waals surface area contributed by atoms with Crippen LogP contribution in [-0.4, -0.2) is 48.2 Å². The van der Waals surface area contributed by atoms with Crippen LogP contribution >= 0.6 is 0 Å². The SMILES string of the molecule is CC(O)OCCCCCCCCCCC(C)OC(C)CCCCCCCCCCOC(C)O. The smallest absolute Gasteiger partial charge is 0.151 e. The van der Waals surface area contributed by atoms with Gasteiger partial charge in [0.1, 0.15) is 0 Å². The Morgan fingerprint density at radius 3 is 1.00 bits per heavy atom. The van der Waals surface area contributed by atoms with E-state index in [1.54, 1.807) is 13.8 Å². The van der Waals surface area contributed by atoms with Gasteiger partial charge in [0.05, 0.1) is 12.2 Å². The fraction of sp³-hybridized carbons (Fsp3) is 1.00. The second-order valence-corrected chi connectivity index (χ2v) is 9.93. The second kappa shape index (κ2) is 24.9. The lowest BCUT2D eigenvalue weighted by Crippen LogP contribution is -2.17. The summed E-state index contributed by atoms with van der Waals surface area (Å²) in [5.74, 6) is 0. The highest BCUT2D eigenvalue weighted by molar-refractivity contribution is 4.58. The molecule has 0 spiro atoms. The molecule has 0 aromatic carbocycles. The summed E-state index contributed by atoms with van der Waals surface area (Å²) in [4.78, 5) is 0. The number of aliphatic hydroxyl groups is 2. The van der Waals surface area contributed by atoms with Crippen molar-refractivity contribution in [2.75, 3.05) is 13.2 Å². The van der Waals surface area contributed by atoms with Crippen molar-refractivity contribution in [1.82, 2.24) is 0 Å². The normalized spacial score (nSPS) is 15.5. The average molecular weight is 475 g/mol. The van der Waals surface area contributed by atoms with Crippen LogP contribution in [-0.2, 0) is 14.2 Å². The molecule has 33 heavy (non-hydrogen) atoms. The van der Waals surface area contributed by atoms with Crippen molar-refractivity contribution in [3.8, 4) is 0 Å². The summed E-state index contributed by atoms with van der Waals surface area (Å²) < 4.78 is 16.5. The van der Waals surface area contributed by atoms with E-state index in [0.717, 1.165) is 12.8 Å². The first-order chi connectivity index (χ1) is 15.9. The van der Waals surface area contributed by atoms with Crippen molar-refractivity contribution in [2.45, 2.75) is 168 Å². The Morgan fingerprint density at radius 2 is 0.697 bits per heavy atom. The van der Waals surface area contributed by atoms with Gasteiger partial charge < -0.3 is 24.4 Å². The highest BCUT2D eigenvalue weighted by atomic mass is 16.6. The van der Waals surface area contributed by atoms with Gasteiger partial charge in [0.25, 0.3) is 0 Å². The summed E-state index contributed by atoms with van der Waals surface area (Å²) in [6, 6.07) is 0. The molecule has 0 fully saturated rings. The Bertz CT molecular complexity index is 341. The zero-order valence-electron chi connectivity index (χ0n) is 22.6. The molecule has 5 heteroatoms. The molecule has 200 valence electrons. The van der Waals surface area contributed by atoms with Crippen LogP contribution in [0.3, 0.4) is 0 Å². The Morgan fingerprint density at radius 1 is 0.424 bits per heavy atom. The molecule has 0 saturated heterocycles. The average Bonchev–Trinajstić information content (AvgIpc) is 2.75. The minimum Gasteiger partial charge on any atom is -0.376 e. The molecule has 0 aliphatic rings. The molecule has 0 saturated carbocycles. The van der Waals surface area contributed by atoms with Gasteiger partial charge in [-0.25, -0.2) is 0 Å². The van der Waals surface area contributed by atoms with Gasteiger partial charge in [-0.05, 0) is 53.4 Å². The number of hydrogen-bond acceptors (Lipinski definition) is 5. The summed E-state index contributed by atoms with van der Waals surface area (Å²) in [6.45, 7) is 9.15. The van der Waals surface area contributed by atoms with Crippen LogP contribution in [0.15, 0.2) is 0 Å². The molecule has 4 unspecified atom stereocenters. The molecule has 0 radical (unpaired) electrons. The summed E-state index contributed by atoms with van der Waals surface area (Å²) in [7, 11) is 0. The third-order valence-corrected chi connectivity index (χ3v) is 6.19. The van der Waals surface area contributed by atoms with Gasteiger partial charge in [-0.3, -0.25) is 0 Å². The zero-order valence-corrected chi connectivity index (χ0v) is 22.6. The van der Waals surface area contributed by atoms with Crippen molar-refractivity contribution in [2.24, 2.45) is 0 Å². The van der Waals surface area contributed by atoms with Crippen LogP contribution in [0, 0.1) is 0 Å². The van der Waals surface area contributed by atoms with Crippen molar-refractivity contribution in [3.05, 3.63) is 0 Å². The molecular weight excluding hydrogens is 416 g/mol. The molecular formula is C28H58O5. The van der Waals surface area contributed by atoms with Crippen LogP contribution in [0.4, 0.5) is 0 Å². The molecule has 0 aromatic heterocycles. The Balaban J connectivity index is 3.31. The first kappa shape index (κ1) is 32.8. The van der Waals surface area contributed by atoms with E-state index in [9.17, 15) is 0 Å². The maximum absolute atomic E-state index is 9.03. The van der Waals surface area contributed by atoms with Gasteiger partial charge in [0.2, 0.25) is 0 Å². The van der Waals surface area contributed by atoms with E-state index in [1.807, 2.05) is 0 Å². The van der Waals surface area contributed by atoms with E-state index in [4.69, 9.17) is 24.4 Å². The molecule has 4 atom stereocenters. The van der Waals surface area contributed by atoms with Gasteiger partial charge in [0, 0.05) is 13.2 Å². The molecule has 0 heterocycles. The molecule has 0 bridgehead atoms. The molecule has 0 aromatic rings. The van der Waals surface area contributed by atoms with Gasteiger partial charge in [0.15, 0.2) is 12.6 Å². The van der Waals surface area contributed by atoms with Crippen LogP contribution in [0.5, 0.6) is 0 Å². The zero-order chi connectivity index (χ0) is 24.6. The summed E-state index contributed by atoms with van der Waals surface area (Å²) in [6.07, 6.45) is 22.1. The predicted molar refractivity (Wildman–Crippen MR) is 138 cm³/mol. The van der Waals surface area contributed by atoms with E-state index < -0.39 is 12.6 Å². The number of hydrogen-bond donors (Lipinski definition) is 2. The number of rotatable bonds is 26. The van der Waals surface area contributed by atoms with E-state index >= 15 is 0 Å². The summed E-state index contributed by atoms with van der Waals surface area (Å²) >= 11 is 0. The second-order valence-electron chi connectivity index (χ2n) is 9.93. The van der Waals surface area contributed by atoms with Gasteiger partial charge in [-0.2, -0.15) is 0 Å². The van der Waals surface area contributed by atoms with Crippen LogP contribution in [0.25, 0.3) is 0 Å². The lowest BCUT2D eigenvalue weighted by atomic mass is 10.0. The molecule has 0 aliphatic carbocycles. The Kier molecular flexibility index (Phi) is 24.8. The molecule has 2 N–H and O–H groups in total. The molecule has 5 nitrogen and oxygen atoms in total. The van der Waals surface area contributed by atoms with E-state index in [0.29, 0.717) is 25.4 Å². The third kappa shape index (κ3) is 27.9. The predicted octanol–water partition coefficient (Wildman–Crippen LogP) is 7.51. The first-order valence-electron chi connectivity index (χ1n) is 14.2. The Hall–Kier alpha value is -0.200. The minimum absolute atomic E-state index is 0.381. The summed E-state index contributed by atoms with van der Waals surface area (Å²) in [5, 5.41) is 18.1. The van der Waals surface area contributed by atoms with Crippen molar-refractivity contribution in [3.63, 3.8) is 0 Å². The lowest BCUT2D eigenvalue weighted by molar-refractivity contribution is -0.0863. The van der Waals surface area contributed by atoms with Crippen LogP contribution in [0.2, 0.25) is 0 Å². The van der Waals surface area contributed by atoms with E-state index in [2.05, 4.69) is 13.8 Å². The van der Waals surface area contributed by atoms with E-state index in [-0.39, 0.29) is 0 Å². The van der Waals surface area contributed by atoms with Crippen molar-refractivity contribution >= 4 is 0 Å². The highest BCUT2D eigenvalue weighted by Crippen LogP contribution is 2.16. The number of ether oxygens (including phenoxy) is 3. The molecule has 0 amide bonds. The van der Waals surface area contributed by atoms with Crippen molar-refractivity contribution < 1.29 is 24.4 Å². The Labute approximate surface area is 206 Å². The fourth-order valence-electron chi connectivity index (χ4n) is 4.23. The van der Waals surface area contributed by atoms with Crippen LogP contribution < -0.4 is 0 Å². The maximum Gasteiger partial charge on any atom is 0.151 e. The first-order valence-corrected chi connectivity index (χ1v) is 14.2. The van der Waals surface area contributed by atoms with E-state index in [1.165, 1.54) is 103 Å². The number of unbranched alkanes of at least 4 members (excludes halogenated alkanes) is 14. The summed E-state index contributed by atoms with van der Waals surface area (Å²) in [5.41, 5.74) is 0. The van der Waals surface area contributed by atoms with Crippen molar-refractivity contribution in [1.29, 1.82) is 0 Å². The largest absolute Gasteiger partial charge is 0.376 e. The topological polar surface area (TPSA) is 68.2 Å². The molecule has 0 rings (SSSR count). The quantitative estimate of drug-likeness (QED) is 0.100. The highest BCUT2D eigenvalue weighted by Gasteiger charge is 2.08. The monoisotopic (exact) mass is 474 g/mol. The molecule has 0 aliphatic heterocycles.